The Morgan fingerprint density at radius 3 is 2.62 bits per heavy atom. The van der Waals surface area contributed by atoms with Crippen molar-refractivity contribution in [3.05, 3.63) is 42.2 Å². The molecule has 0 amide bonds. The normalized spacial score (nSPS) is 15.5. The van der Waals surface area contributed by atoms with Crippen LogP contribution in [-0.2, 0) is 32.4 Å². The Hall–Kier alpha value is -3.43. The third-order valence-corrected chi connectivity index (χ3v) is 9.85. The van der Waals surface area contributed by atoms with E-state index in [0.717, 1.165) is 36.8 Å². The second kappa shape index (κ2) is 11.3. The number of sulfonamides is 1. The van der Waals surface area contributed by atoms with Gasteiger partial charge in [0.15, 0.2) is 5.01 Å². The number of hydrogen-bond acceptors (Lipinski definition) is 10. The highest BCUT2D eigenvalue weighted by molar-refractivity contribution is 7.89. The number of carbonyl (C=O) groups excluding carboxylic acids is 1. The van der Waals surface area contributed by atoms with Gasteiger partial charge in [0, 0.05) is 28.7 Å². The molecule has 4 aromatic rings. The van der Waals surface area contributed by atoms with Crippen LogP contribution in [0.5, 0.6) is 0 Å². The zero-order valence-electron chi connectivity index (χ0n) is 22.9. The van der Waals surface area contributed by atoms with Gasteiger partial charge in [0.2, 0.25) is 15.9 Å². The van der Waals surface area contributed by atoms with E-state index in [-0.39, 0.29) is 28.5 Å². The fourth-order valence-electron chi connectivity index (χ4n) is 4.67. The van der Waals surface area contributed by atoms with E-state index in [1.807, 2.05) is 0 Å². The third-order valence-electron chi connectivity index (χ3n) is 7.13. The van der Waals surface area contributed by atoms with Crippen molar-refractivity contribution in [1.29, 1.82) is 0 Å². The van der Waals surface area contributed by atoms with Crippen molar-refractivity contribution < 1.29 is 35.5 Å². The van der Waals surface area contributed by atoms with Crippen LogP contribution < -0.4 is 4.72 Å². The first-order valence-corrected chi connectivity index (χ1v) is 15.5. The molecule has 1 aliphatic rings. The number of thiazole rings is 1. The van der Waals surface area contributed by atoms with Crippen LogP contribution in [0, 0.1) is 5.92 Å². The maximum absolute atomic E-state index is 13.2. The molecule has 0 aliphatic heterocycles. The number of benzene rings is 1. The Morgan fingerprint density at radius 2 is 1.95 bits per heavy atom. The number of alkyl halides is 3. The minimum Gasteiger partial charge on any atom is -0.461 e. The topological polar surface area (TPSA) is 137 Å². The molecule has 1 fully saturated rings. The largest absolute Gasteiger partial charge is 0.461 e. The number of rotatable bonds is 11. The molecule has 224 valence electrons. The molecule has 0 bridgehead atoms. The molecule has 0 unspecified atom stereocenters. The second-order valence-electron chi connectivity index (χ2n) is 10.9. The summed E-state index contributed by atoms with van der Waals surface area (Å²) < 4.78 is 78.2. The lowest BCUT2D eigenvalue weighted by Gasteiger charge is -2.24. The Labute approximate surface area is 243 Å². The summed E-state index contributed by atoms with van der Waals surface area (Å²) in [5, 5.41) is 9.36. The molecule has 1 aromatic carbocycles. The lowest BCUT2D eigenvalue weighted by molar-refractivity contribution is -0.147. The zero-order chi connectivity index (χ0) is 30.3. The number of ether oxygens (including phenoxy) is 1. The van der Waals surface area contributed by atoms with Crippen LogP contribution in [0.1, 0.15) is 51.6 Å². The molecular formula is C27H28F3N5O5S2. The van der Waals surface area contributed by atoms with E-state index in [9.17, 15) is 26.4 Å². The first-order chi connectivity index (χ1) is 19.8. The first-order valence-electron chi connectivity index (χ1n) is 13.2. The van der Waals surface area contributed by atoms with E-state index in [1.54, 1.807) is 24.6 Å². The van der Waals surface area contributed by atoms with Gasteiger partial charge in [-0.3, -0.25) is 9.78 Å². The Balaban J connectivity index is 1.56. The summed E-state index contributed by atoms with van der Waals surface area (Å²) in [5.74, 6) is 0.888. The molecule has 0 saturated heterocycles. The smallest absolute Gasteiger partial charge is 0.404 e. The van der Waals surface area contributed by atoms with Gasteiger partial charge in [0.1, 0.15) is 11.6 Å². The van der Waals surface area contributed by atoms with Crippen molar-refractivity contribution in [2.24, 2.45) is 5.92 Å². The van der Waals surface area contributed by atoms with Crippen molar-refractivity contribution in [2.45, 2.75) is 75.6 Å². The highest BCUT2D eigenvalue weighted by Crippen LogP contribution is 2.42. The number of fused-ring (bicyclic) bond motifs is 1. The molecule has 0 radical (unpaired) electrons. The van der Waals surface area contributed by atoms with Gasteiger partial charge < -0.3 is 9.15 Å². The van der Waals surface area contributed by atoms with Crippen LogP contribution in [0.15, 0.2) is 39.9 Å². The minimum atomic E-state index is -4.74. The predicted molar refractivity (Wildman–Crippen MR) is 148 cm³/mol. The molecule has 5 rings (SSSR count). The number of hydrogen-bond donors (Lipinski definition) is 1. The van der Waals surface area contributed by atoms with Gasteiger partial charge in [-0.25, -0.2) is 13.4 Å². The van der Waals surface area contributed by atoms with Gasteiger partial charge in [-0.1, -0.05) is 25.3 Å². The quantitative estimate of drug-likeness (QED) is 0.216. The van der Waals surface area contributed by atoms with Gasteiger partial charge in [-0.15, -0.1) is 21.5 Å². The summed E-state index contributed by atoms with van der Waals surface area (Å²) in [7, 11) is -4.52. The maximum Gasteiger partial charge on any atom is 0.404 e. The van der Waals surface area contributed by atoms with E-state index in [0.29, 0.717) is 34.8 Å². The van der Waals surface area contributed by atoms with Gasteiger partial charge in [0.05, 0.1) is 21.9 Å². The minimum absolute atomic E-state index is 0.185. The lowest BCUT2D eigenvalue weighted by atomic mass is 9.81. The molecule has 1 N–H and O–H groups in total. The van der Waals surface area contributed by atoms with Crippen molar-refractivity contribution in [1.82, 2.24) is 24.9 Å². The number of aromatic nitrogens is 4. The van der Waals surface area contributed by atoms with Crippen LogP contribution in [0.2, 0.25) is 0 Å². The number of pyridine rings is 1. The molecule has 1 aliphatic carbocycles. The van der Waals surface area contributed by atoms with E-state index in [2.05, 4.69) is 15.2 Å². The van der Waals surface area contributed by atoms with Crippen LogP contribution in [0.4, 0.5) is 13.2 Å². The molecule has 10 nitrogen and oxygen atoms in total. The average molecular weight is 624 g/mol. The van der Waals surface area contributed by atoms with Crippen molar-refractivity contribution in [2.75, 3.05) is 0 Å². The number of nitrogens with one attached hydrogen (secondary N) is 1. The monoisotopic (exact) mass is 623 g/mol. The number of halogens is 3. The molecule has 42 heavy (non-hydrogen) atoms. The van der Waals surface area contributed by atoms with Crippen LogP contribution in [0.3, 0.4) is 0 Å². The fraction of sp³-hybridized carbons (Fsp3) is 0.444. The summed E-state index contributed by atoms with van der Waals surface area (Å²) in [6.07, 6.45) is 2.26. The maximum atomic E-state index is 13.2. The SMILES string of the molecule is C[C@H](NS(=O)(=O)c1ccc(-c2sc(-c3nnc(CC(C)(C)OC=O)o3)nc2CC2CCC2)c2cnccc12)C(F)(F)F. The van der Waals surface area contributed by atoms with Gasteiger partial charge in [-0.2, -0.15) is 17.9 Å². The molecule has 3 heterocycles. The van der Waals surface area contributed by atoms with Gasteiger partial charge >= 0.3 is 6.18 Å². The Kier molecular flexibility index (Phi) is 8.11. The molecule has 15 heteroatoms. The van der Waals surface area contributed by atoms with Crippen molar-refractivity contribution in [3.8, 4) is 21.3 Å². The van der Waals surface area contributed by atoms with E-state index in [4.69, 9.17) is 14.1 Å². The van der Waals surface area contributed by atoms with Gasteiger partial charge in [0.25, 0.3) is 12.4 Å². The van der Waals surface area contributed by atoms with Crippen LogP contribution >= 0.6 is 11.3 Å². The molecule has 1 saturated carbocycles. The summed E-state index contributed by atoms with van der Waals surface area (Å²) in [4.78, 5) is 20.3. The second-order valence-corrected chi connectivity index (χ2v) is 13.5. The van der Waals surface area contributed by atoms with Crippen LogP contribution in [-0.4, -0.2) is 52.9 Å². The standard InChI is InChI=1S/C27H28F3N5O5S2/c1-15(27(28,29)30)35-42(37,38)21-8-7-18(19-13-31-10-9-17(19)21)23-20(11-16-5-4-6-16)32-25(41-23)24-34-33-22(40-24)12-26(2,3)39-14-36/h7-10,13-16,35H,4-6,11-12H2,1-3H3/t15-/m0/s1. The summed E-state index contributed by atoms with van der Waals surface area (Å²) in [6.45, 7) is 4.54. The first kappa shape index (κ1) is 30.0. The fourth-order valence-corrected chi connectivity index (χ4v) is 7.16. The summed E-state index contributed by atoms with van der Waals surface area (Å²) >= 11 is 1.29. The Bertz CT molecular complexity index is 1710. The van der Waals surface area contributed by atoms with Crippen molar-refractivity contribution >= 4 is 38.6 Å². The number of nitrogens with zero attached hydrogens (tertiary/aromatic N) is 4. The van der Waals surface area contributed by atoms with Crippen molar-refractivity contribution in [3.63, 3.8) is 0 Å². The molecule has 3 aromatic heterocycles. The lowest BCUT2D eigenvalue weighted by Crippen LogP contribution is -2.43. The van der Waals surface area contributed by atoms with Crippen LogP contribution in [0.25, 0.3) is 32.1 Å². The zero-order valence-corrected chi connectivity index (χ0v) is 24.6. The summed E-state index contributed by atoms with van der Waals surface area (Å²) in [5.41, 5.74) is 0.559. The summed E-state index contributed by atoms with van der Waals surface area (Å²) in [6, 6.07) is 2.06. The number of carbonyl (C=O) groups is 1. The van der Waals surface area contributed by atoms with E-state index >= 15 is 0 Å². The van der Waals surface area contributed by atoms with E-state index < -0.39 is 27.8 Å². The Morgan fingerprint density at radius 1 is 1.19 bits per heavy atom. The van der Waals surface area contributed by atoms with Gasteiger partial charge in [-0.05, 0) is 45.2 Å². The highest BCUT2D eigenvalue weighted by Gasteiger charge is 2.39. The van der Waals surface area contributed by atoms with E-state index in [1.165, 1.54) is 35.9 Å². The highest BCUT2D eigenvalue weighted by atomic mass is 32.2. The molecule has 0 spiro atoms. The average Bonchev–Trinajstić information content (AvgIpc) is 3.51. The molecule has 1 atom stereocenters. The third kappa shape index (κ3) is 6.32. The molecular weight excluding hydrogens is 595 g/mol. The predicted octanol–water partition coefficient (Wildman–Crippen LogP) is 5.47.